The number of hydrogen-bond acceptors (Lipinski definition) is 10. The van der Waals surface area contributed by atoms with Gasteiger partial charge in [-0.2, -0.15) is 17.8 Å². The molecule has 0 unspecified atom stereocenters. The minimum Gasteiger partial charge on any atom is -0.619 e. The Hall–Kier alpha value is -5.72. The van der Waals surface area contributed by atoms with Gasteiger partial charge in [-0.05, 0) is 129 Å². The van der Waals surface area contributed by atoms with Gasteiger partial charge in [0.25, 0.3) is 0 Å². The van der Waals surface area contributed by atoms with Crippen LogP contribution >= 0.6 is 23.2 Å². The highest BCUT2D eigenvalue weighted by Gasteiger charge is 2.58. The van der Waals surface area contributed by atoms with Gasteiger partial charge in [-0.25, -0.2) is 13.2 Å². The van der Waals surface area contributed by atoms with E-state index >= 15 is 0 Å². The molecule has 2 bridgehead atoms. The predicted molar refractivity (Wildman–Crippen MR) is 255 cm³/mol. The Kier molecular flexibility index (Phi) is 14.7. The van der Waals surface area contributed by atoms with Crippen LogP contribution in [0.2, 0.25) is 10.0 Å². The van der Waals surface area contributed by atoms with E-state index in [1.807, 2.05) is 48.5 Å². The number of rotatable bonds is 19. The van der Waals surface area contributed by atoms with E-state index in [4.69, 9.17) is 42.1 Å². The van der Waals surface area contributed by atoms with Crippen molar-refractivity contribution < 1.29 is 55.6 Å². The van der Waals surface area contributed by atoms with Crippen molar-refractivity contribution in [2.45, 2.75) is 86.7 Å². The van der Waals surface area contributed by atoms with Gasteiger partial charge in [0.15, 0.2) is 23.9 Å². The van der Waals surface area contributed by atoms with E-state index in [1.54, 1.807) is 18.2 Å². The maximum Gasteiger partial charge on any atom is 0.408 e. The number of carbonyl (C=O) groups excluding carboxylic acids is 1. The van der Waals surface area contributed by atoms with Crippen LogP contribution in [0.1, 0.15) is 78.3 Å². The Bertz CT molecular complexity index is 2780. The molecule has 5 heterocycles. The molecular formula is C51H52Cl2F2N4O10S. The van der Waals surface area contributed by atoms with Gasteiger partial charge in [0.1, 0.15) is 34.0 Å². The monoisotopic (exact) mass is 1020 g/mol. The highest BCUT2D eigenvalue weighted by atomic mass is 35.5. The van der Waals surface area contributed by atoms with Crippen LogP contribution in [0.25, 0.3) is 0 Å². The molecule has 1 amide bonds. The van der Waals surface area contributed by atoms with Crippen molar-refractivity contribution >= 4 is 45.3 Å². The maximum atomic E-state index is 14.8. The Morgan fingerprint density at radius 1 is 0.857 bits per heavy atom. The molecule has 4 atom stereocenters. The smallest absolute Gasteiger partial charge is 0.408 e. The van der Waals surface area contributed by atoms with Gasteiger partial charge < -0.3 is 34.6 Å². The number of benzene rings is 4. The van der Waals surface area contributed by atoms with Crippen molar-refractivity contribution in [3.63, 3.8) is 0 Å². The fraction of sp³-hybridized carbons (Fsp3) is 0.392. The zero-order valence-corrected chi connectivity index (χ0v) is 40.3. The summed E-state index contributed by atoms with van der Waals surface area (Å²) < 4.78 is 81.1. The number of piperidine rings is 3. The second-order valence-electron chi connectivity index (χ2n) is 18.4. The van der Waals surface area contributed by atoms with E-state index in [9.17, 15) is 37.1 Å². The van der Waals surface area contributed by atoms with Gasteiger partial charge in [0, 0.05) is 24.6 Å². The number of ether oxygens (including phenoxy) is 4. The van der Waals surface area contributed by atoms with Crippen LogP contribution in [-0.4, -0.2) is 85.8 Å². The zero-order chi connectivity index (χ0) is 49.2. The maximum absolute atomic E-state index is 14.8. The van der Waals surface area contributed by atoms with E-state index in [1.165, 1.54) is 30.3 Å². The second-order valence-corrected chi connectivity index (χ2v) is 21.1. The Balaban J connectivity index is 0.961. The van der Waals surface area contributed by atoms with Crippen molar-refractivity contribution in [2.75, 3.05) is 32.8 Å². The molecule has 4 aromatic carbocycles. The lowest BCUT2D eigenvalue weighted by atomic mass is 9.74. The minimum absolute atomic E-state index is 0.0397. The first-order chi connectivity index (χ1) is 33.7. The van der Waals surface area contributed by atoms with Crippen LogP contribution in [-0.2, 0) is 32.6 Å². The molecule has 0 spiro atoms. The average Bonchev–Trinajstić information content (AvgIpc) is 4.07. The summed E-state index contributed by atoms with van der Waals surface area (Å²) in [4.78, 5) is 29.4. The van der Waals surface area contributed by atoms with Gasteiger partial charge in [0.2, 0.25) is 10.0 Å². The predicted octanol–water partition coefficient (Wildman–Crippen LogP) is 9.14. The summed E-state index contributed by atoms with van der Waals surface area (Å²) in [5, 5.41) is 26.5. The second kappa shape index (κ2) is 20.9. The fourth-order valence-corrected chi connectivity index (χ4v) is 12.5. The van der Waals surface area contributed by atoms with Crippen molar-refractivity contribution in [1.29, 1.82) is 0 Å². The van der Waals surface area contributed by atoms with Crippen LogP contribution in [0.5, 0.6) is 17.2 Å². The van der Waals surface area contributed by atoms with Crippen LogP contribution in [0.4, 0.5) is 13.6 Å². The Labute approximate surface area is 414 Å². The molecule has 370 valence electrons. The summed E-state index contributed by atoms with van der Waals surface area (Å²) in [6.07, 6.45) is 4.99. The summed E-state index contributed by atoms with van der Waals surface area (Å²) in [5.74, 6) is -2.00. The van der Waals surface area contributed by atoms with Crippen molar-refractivity contribution in [1.82, 2.24) is 14.5 Å². The third-order valence-corrected chi connectivity index (χ3v) is 16.5. The molecule has 4 saturated heterocycles. The van der Waals surface area contributed by atoms with Crippen molar-refractivity contribution in [3.8, 4) is 17.2 Å². The minimum atomic E-state index is -4.57. The molecule has 19 heteroatoms. The van der Waals surface area contributed by atoms with Crippen LogP contribution in [0.3, 0.4) is 0 Å². The molecule has 14 nitrogen and oxygen atoms in total. The van der Waals surface area contributed by atoms with Crippen molar-refractivity contribution in [3.05, 3.63) is 153 Å². The van der Waals surface area contributed by atoms with Crippen LogP contribution in [0, 0.1) is 17.0 Å². The van der Waals surface area contributed by atoms with E-state index in [2.05, 4.69) is 10.2 Å². The molecule has 5 fully saturated rings. The third-order valence-electron chi connectivity index (χ3n) is 13.9. The molecule has 1 aliphatic carbocycles. The number of halogens is 4. The van der Waals surface area contributed by atoms with Crippen molar-refractivity contribution in [2.24, 2.45) is 11.8 Å². The number of aromatic nitrogens is 1. The number of hydrogen-bond donors (Lipinski definition) is 2. The van der Waals surface area contributed by atoms with E-state index in [-0.39, 0.29) is 88.6 Å². The number of alkyl halides is 2. The number of carboxylic acids is 1. The largest absolute Gasteiger partial charge is 0.619 e. The molecule has 1 saturated carbocycles. The first-order valence-corrected chi connectivity index (χ1v) is 25.5. The third kappa shape index (κ3) is 10.8. The molecule has 70 heavy (non-hydrogen) atoms. The number of nitrogens with zero attached hydrogens (tertiary/aromatic N) is 3. The average molecular weight is 1020 g/mol. The summed E-state index contributed by atoms with van der Waals surface area (Å²) in [7, 11) is -4.57. The molecular weight excluding hydrogens is 970 g/mol. The molecule has 2 N–H and O–H groups in total. The van der Waals surface area contributed by atoms with Gasteiger partial charge in [-0.3, -0.25) is 9.69 Å². The summed E-state index contributed by atoms with van der Waals surface area (Å²) in [6, 6.07) is 26.3. The lowest BCUT2D eigenvalue weighted by Crippen LogP contribution is -2.57. The van der Waals surface area contributed by atoms with E-state index in [0.717, 1.165) is 73.1 Å². The van der Waals surface area contributed by atoms with Gasteiger partial charge >= 0.3 is 18.7 Å². The Morgan fingerprint density at radius 2 is 1.57 bits per heavy atom. The lowest BCUT2D eigenvalue weighted by molar-refractivity contribution is -0.605. The van der Waals surface area contributed by atoms with E-state index in [0.29, 0.717) is 22.0 Å². The number of sulfonamides is 1. The number of carbonyl (C=O) groups is 2. The zero-order valence-electron chi connectivity index (χ0n) is 37.9. The number of pyridine rings is 1. The quantitative estimate of drug-likeness (QED) is 0.0597. The normalized spacial score (nSPS) is 22.0. The SMILES string of the molecule is O=C(N[C@@H](c1ccccc1)c1cccc(OCc2ccc(S(=O)(=O)N3CCC[C@@]3(C(=O)O)[C@@H](Cc3c(Cl)c[n+]([O-])cc3Cl)c3ccc(OC(F)F)c(OCC4CC4)c3)cc2)c1)O[C@H]1CN2CCC1CC2. The molecule has 1 aromatic heterocycles. The fourth-order valence-electron chi connectivity index (χ4n) is 10.1. The number of nitrogens with one attached hydrogen (secondary N) is 1. The number of alkyl carbamates (subject to hydrolysis) is 1. The molecule has 10 rings (SSSR count). The highest BCUT2D eigenvalue weighted by molar-refractivity contribution is 7.89. The van der Waals surface area contributed by atoms with Gasteiger partial charge in [0.05, 0.1) is 17.5 Å². The standard InChI is InChI=1S/C51H52Cl2F2N4O10S/c52-42-27-58(63)28-43(53)40(42)26-41(36-14-17-44(68-49(54)55)45(25-36)67-31-32-10-11-32)51(48(60)61)20-5-21-59(51)70(64,65)39-15-12-33(13-16-39)30-66-38-9-4-8-37(24-38)47(35-6-2-1-3-7-35)56-50(62)69-46-29-57-22-18-34(46)19-23-57/h1-4,6-9,12-17,24-25,27-28,32,34,41,46-47,49H,5,10-11,18-23,26,29-31H2,(H,56,62)(H,60,61)/t41-,46-,47-,51-/m0/s1. The number of carboxylic acid groups (broad SMARTS) is 1. The topological polar surface area (TPSA) is 171 Å². The Morgan fingerprint density at radius 3 is 2.23 bits per heavy atom. The molecule has 5 aromatic rings. The van der Waals surface area contributed by atoms with Crippen LogP contribution < -0.4 is 24.3 Å². The number of amides is 1. The lowest BCUT2D eigenvalue weighted by Gasteiger charge is -2.43. The summed E-state index contributed by atoms with van der Waals surface area (Å²) >= 11 is 13.1. The number of aliphatic carboxylic acids is 1. The van der Waals surface area contributed by atoms with E-state index < -0.39 is 46.2 Å². The van der Waals surface area contributed by atoms with Gasteiger partial charge in [-0.15, -0.1) is 0 Å². The summed E-state index contributed by atoms with van der Waals surface area (Å²) in [5.41, 5.74) is 0.463. The molecule has 0 radical (unpaired) electrons. The first-order valence-electron chi connectivity index (χ1n) is 23.3. The van der Waals surface area contributed by atoms with Crippen LogP contribution in [0.15, 0.2) is 114 Å². The summed E-state index contributed by atoms with van der Waals surface area (Å²) in [6.45, 7) is -0.330. The first kappa shape index (κ1) is 49.3. The number of fused-ring (bicyclic) bond motifs is 3. The molecule has 5 aliphatic rings. The molecule has 4 aliphatic heterocycles. The highest BCUT2D eigenvalue weighted by Crippen LogP contribution is 2.49. The van der Waals surface area contributed by atoms with Gasteiger partial charge in [-0.1, -0.05) is 83.9 Å².